The van der Waals surface area contributed by atoms with Crippen molar-refractivity contribution in [2.24, 2.45) is 0 Å². The second kappa shape index (κ2) is 13.5. The van der Waals surface area contributed by atoms with E-state index in [9.17, 15) is 22.4 Å². The fourth-order valence-electron chi connectivity index (χ4n) is 4.01. The Morgan fingerprint density at radius 3 is 2.18 bits per heavy atom. The molecule has 0 bridgehead atoms. The van der Waals surface area contributed by atoms with Crippen LogP contribution in [0.3, 0.4) is 0 Å². The Labute approximate surface area is 234 Å². The number of nitrogens with one attached hydrogen (secondary N) is 1. The van der Waals surface area contributed by atoms with Crippen LogP contribution >= 0.6 is 11.6 Å². The highest BCUT2D eigenvalue weighted by Gasteiger charge is 2.35. The molecule has 0 fully saturated rings. The minimum Gasteiger partial charge on any atom is -0.355 e. The Hall–Kier alpha value is -3.47. The maximum atomic E-state index is 14.8. The number of rotatable bonds is 12. The molecule has 8 nitrogen and oxygen atoms in total. The quantitative estimate of drug-likeness (QED) is 0.356. The van der Waals surface area contributed by atoms with E-state index in [0.29, 0.717) is 21.4 Å². The average molecular weight is 575 g/mol. The summed E-state index contributed by atoms with van der Waals surface area (Å²) in [5, 5.41) is 3.16. The Balaban J connectivity index is 2.10. The maximum Gasteiger partial charge on any atom is 0.304 e. The zero-order valence-electron chi connectivity index (χ0n) is 22.1. The predicted molar refractivity (Wildman–Crippen MR) is 151 cm³/mol. The van der Waals surface area contributed by atoms with E-state index in [4.69, 9.17) is 11.6 Å². The van der Waals surface area contributed by atoms with Crippen LogP contribution in [0, 0.1) is 5.82 Å². The third kappa shape index (κ3) is 7.56. The van der Waals surface area contributed by atoms with Crippen molar-refractivity contribution >= 4 is 39.3 Å². The molecule has 2 amide bonds. The number of carbonyl (C=O) groups is 2. The number of benzene rings is 3. The zero-order valence-corrected chi connectivity index (χ0v) is 23.6. The molecule has 0 radical (unpaired) electrons. The van der Waals surface area contributed by atoms with Crippen LogP contribution in [0.2, 0.25) is 5.02 Å². The first-order valence-corrected chi connectivity index (χ1v) is 14.1. The number of para-hydroxylation sites is 1. The molecule has 1 atom stereocenters. The van der Waals surface area contributed by atoms with Crippen molar-refractivity contribution < 1.29 is 22.4 Å². The van der Waals surface area contributed by atoms with Gasteiger partial charge in [-0.15, -0.1) is 0 Å². The predicted octanol–water partition coefficient (Wildman–Crippen LogP) is 3.87. The summed E-state index contributed by atoms with van der Waals surface area (Å²) >= 11 is 6.41. The van der Waals surface area contributed by atoms with E-state index in [1.807, 2.05) is 30.3 Å². The Morgan fingerprint density at radius 2 is 1.56 bits per heavy atom. The highest BCUT2D eigenvalue weighted by Crippen LogP contribution is 2.25. The minimum atomic E-state index is -4.29. The van der Waals surface area contributed by atoms with E-state index in [1.165, 1.54) is 37.2 Å². The van der Waals surface area contributed by atoms with Gasteiger partial charge in [0.05, 0.1) is 5.69 Å². The fourth-order valence-corrected chi connectivity index (χ4v) is 5.27. The van der Waals surface area contributed by atoms with Gasteiger partial charge in [-0.05, 0) is 36.2 Å². The van der Waals surface area contributed by atoms with E-state index >= 15 is 0 Å². The van der Waals surface area contributed by atoms with Gasteiger partial charge in [0.2, 0.25) is 11.8 Å². The molecule has 3 aromatic carbocycles. The number of halogens is 2. The first kappa shape index (κ1) is 30.1. The molecule has 39 heavy (non-hydrogen) atoms. The molecule has 0 aliphatic carbocycles. The van der Waals surface area contributed by atoms with E-state index < -0.39 is 40.4 Å². The van der Waals surface area contributed by atoms with Crippen LogP contribution in [0.4, 0.5) is 10.1 Å². The topological polar surface area (TPSA) is 90.0 Å². The third-order valence-electron chi connectivity index (χ3n) is 6.06. The summed E-state index contributed by atoms with van der Waals surface area (Å²) in [7, 11) is -1.70. The van der Waals surface area contributed by atoms with Crippen LogP contribution in [0.1, 0.15) is 18.1 Å². The van der Waals surface area contributed by atoms with Crippen molar-refractivity contribution in [2.45, 2.75) is 25.9 Å². The van der Waals surface area contributed by atoms with Gasteiger partial charge in [-0.3, -0.25) is 9.59 Å². The monoisotopic (exact) mass is 574 g/mol. The van der Waals surface area contributed by atoms with Gasteiger partial charge in [0.25, 0.3) is 0 Å². The number of carbonyl (C=O) groups excluding carboxylic acids is 2. The number of anilines is 1. The zero-order chi connectivity index (χ0) is 28.6. The van der Waals surface area contributed by atoms with Gasteiger partial charge in [0, 0.05) is 38.6 Å². The molecule has 0 spiro atoms. The Morgan fingerprint density at radius 1 is 0.949 bits per heavy atom. The molecule has 3 aromatic rings. The summed E-state index contributed by atoms with van der Waals surface area (Å²) in [5.41, 5.74) is 1.09. The normalized spacial score (nSPS) is 12.2. The number of hydrogen-bond acceptors (Lipinski definition) is 4. The van der Waals surface area contributed by atoms with Crippen LogP contribution in [-0.2, 0) is 32.8 Å². The largest absolute Gasteiger partial charge is 0.355 e. The Bertz CT molecular complexity index is 1390. The lowest BCUT2D eigenvalue weighted by Crippen LogP contribution is -2.54. The van der Waals surface area contributed by atoms with Gasteiger partial charge in [0.1, 0.15) is 18.4 Å². The first-order chi connectivity index (χ1) is 18.6. The lowest BCUT2D eigenvalue weighted by atomic mass is 10.0. The van der Waals surface area contributed by atoms with Crippen LogP contribution in [0.25, 0.3) is 0 Å². The van der Waals surface area contributed by atoms with Crippen molar-refractivity contribution in [3.63, 3.8) is 0 Å². The van der Waals surface area contributed by atoms with Crippen molar-refractivity contribution in [1.82, 2.24) is 14.5 Å². The van der Waals surface area contributed by atoms with Crippen molar-refractivity contribution in [3.8, 4) is 0 Å². The van der Waals surface area contributed by atoms with Crippen molar-refractivity contribution in [1.29, 1.82) is 0 Å². The molecular weight excluding hydrogens is 543 g/mol. The lowest BCUT2D eigenvalue weighted by molar-refractivity contribution is -0.140. The molecule has 0 saturated carbocycles. The van der Waals surface area contributed by atoms with E-state index in [0.717, 1.165) is 15.9 Å². The van der Waals surface area contributed by atoms with Crippen molar-refractivity contribution in [2.75, 3.05) is 31.5 Å². The number of nitrogens with zero attached hydrogens (tertiary/aromatic N) is 3. The van der Waals surface area contributed by atoms with Gasteiger partial charge >= 0.3 is 10.2 Å². The molecule has 0 unspecified atom stereocenters. The molecule has 0 heterocycles. The number of amides is 2. The summed E-state index contributed by atoms with van der Waals surface area (Å²) in [6.45, 7) is 1.28. The molecule has 0 aliphatic heterocycles. The second-order valence-electron chi connectivity index (χ2n) is 8.96. The molecule has 0 saturated heterocycles. The molecule has 11 heteroatoms. The molecular formula is C28H32ClFN4O4S. The van der Waals surface area contributed by atoms with Crippen LogP contribution < -0.4 is 9.62 Å². The summed E-state index contributed by atoms with van der Waals surface area (Å²) in [6.07, 6.45) is 0.170. The first-order valence-electron chi connectivity index (χ1n) is 12.4. The second-order valence-corrected chi connectivity index (χ2v) is 11.4. The van der Waals surface area contributed by atoms with E-state index in [-0.39, 0.29) is 18.7 Å². The average Bonchev–Trinajstić information content (AvgIpc) is 2.91. The Kier molecular flexibility index (Phi) is 10.4. The molecule has 3 rings (SSSR count). The van der Waals surface area contributed by atoms with Crippen LogP contribution in [0.5, 0.6) is 0 Å². The summed E-state index contributed by atoms with van der Waals surface area (Å²) in [5.74, 6) is -1.91. The standard InChI is InChI=1S/C28H32ClFN4O4S/c1-4-31-28(36)26(18-21-12-6-5-7-13-21)33(19-22-14-8-9-15-23(22)29)27(35)20-34(39(37,38)32(2)3)25-17-11-10-16-24(25)30/h5-17,26H,4,18-20H2,1-3H3,(H,31,36)/t26-/m0/s1. The van der Waals surface area contributed by atoms with Gasteiger partial charge in [-0.1, -0.05) is 72.3 Å². The molecule has 0 aliphatic rings. The van der Waals surface area contributed by atoms with Crippen molar-refractivity contribution in [3.05, 3.63) is 101 Å². The molecule has 1 N–H and O–H groups in total. The van der Waals surface area contributed by atoms with Gasteiger partial charge < -0.3 is 10.2 Å². The van der Waals surface area contributed by atoms with Crippen LogP contribution in [-0.4, -0.2) is 62.7 Å². The van der Waals surface area contributed by atoms with Gasteiger partial charge in [-0.25, -0.2) is 8.70 Å². The smallest absolute Gasteiger partial charge is 0.304 e. The SMILES string of the molecule is CCNC(=O)[C@H](Cc1ccccc1)N(Cc1ccccc1Cl)C(=O)CN(c1ccccc1F)S(=O)(=O)N(C)C. The van der Waals surface area contributed by atoms with E-state index in [2.05, 4.69) is 5.32 Å². The highest BCUT2D eigenvalue weighted by atomic mass is 35.5. The van der Waals surface area contributed by atoms with E-state index in [1.54, 1.807) is 31.2 Å². The summed E-state index contributed by atoms with van der Waals surface area (Å²) < 4.78 is 43.0. The summed E-state index contributed by atoms with van der Waals surface area (Å²) in [4.78, 5) is 28.7. The lowest BCUT2D eigenvalue weighted by Gasteiger charge is -2.34. The minimum absolute atomic E-state index is 0.0692. The van der Waals surface area contributed by atoms with Gasteiger partial charge in [0.15, 0.2) is 0 Å². The third-order valence-corrected chi connectivity index (χ3v) is 8.24. The highest BCUT2D eigenvalue weighted by molar-refractivity contribution is 7.90. The van der Waals surface area contributed by atoms with Gasteiger partial charge in [-0.2, -0.15) is 12.7 Å². The molecule has 0 aromatic heterocycles. The fraction of sp³-hybridized carbons (Fsp3) is 0.286. The number of hydrogen-bond donors (Lipinski definition) is 1. The van der Waals surface area contributed by atoms with Crippen LogP contribution in [0.15, 0.2) is 78.9 Å². The number of likely N-dealkylation sites (N-methyl/N-ethyl adjacent to an activating group) is 1. The molecule has 208 valence electrons. The summed E-state index contributed by atoms with van der Waals surface area (Å²) in [6, 6.07) is 20.4. The maximum absolute atomic E-state index is 14.8.